The average Bonchev–Trinajstić information content (AvgIpc) is 2.99. The van der Waals surface area contributed by atoms with Crippen molar-refractivity contribution in [2.45, 2.75) is 32.7 Å². The molecule has 0 aromatic carbocycles. The van der Waals surface area contributed by atoms with E-state index in [1.807, 2.05) is 0 Å². The van der Waals surface area contributed by atoms with E-state index >= 15 is 0 Å². The third kappa shape index (κ3) is 6.89. The van der Waals surface area contributed by atoms with E-state index in [0.717, 1.165) is 64.7 Å². The Labute approximate surface area is 143 Å². The van der Waals surface area contributed by atoms with Crippen LogP contribution < -0.4 is 10.6 Å². The molecule has 0 aliphatic carbocycles. The first-order chi connectivity index (χ1) is 11.3. The van der Waals surface area contributed by atoms with Gasteiger partial charge in [-0.3, -0.25) is 4.99 Å². The Hall–Kier alpha value is -1.11. The second-order valence-corrected chi connectivity index (χ2v) is 6.86. The topological polar surface area (TPSA) is 54.9 Å². The molecule has 1 fully saturated rings. The van der Waals surface area contributed by atoms with Crippen LogP contribution in [0.25, 0.3) is 0 Å². The highest BCUT2D eigenvalue weighted by Crippen LogP contribution is 2.15. The lowest BCUT2D eigenvalue weighted by Gasteiger charge is -2.21. The van der Waals surface area contributed by atoms with Gasteiger partial charge in [0.25, 0.3) is 0 Å². The number of aryl methyl sites for hydroxylation is 1. The van der Waals surface area contributed by atoms with Gasteiger partial charge in [0.1, 0.15) is 0 Å². The normalized spacial score (nSPS) is 16.5. The highest BCUT2D eigenvalue weighted by molar-refractivity contribution is 7.10. The fourth-order valence-corrected chi connectivity index (χ4v) is 3.36. The number of thiophene rings is 1. The molecule has 0 atom stereocenters. The van der Waals surface area contributed by atoms with Crippen LogP contribution in [0.2, 0.25) is 0 Å². The summed E-state index contributed by atoms with van der Waals surface area (Å²) in [6.07, 6.45) is 3.26. The Morgan fingerprint density at radius 3 is 2.91 bits per heavy atom. The summed E-state index contributed by atoms with van der Waals surface area (Å²) >= 11 is 1.78. The fraction of sp³-hybridized carbons (Fsp3) is 0.706. The van der Waals surface area contributed by atoms with Crippen molar-refractivity contribution in [2.24, 2.45) is 10.9 Å². The van der Waals surface area contributed by atoms with E-state index in [1.54, 1.807) is 18.4 Å². The predicted octanol–water partition coefficient (Wildman–Crippen LogP) is 2.55. The van der Waals surface area contributed by atoms with Crippen molar-refractivity contribution < 1.29 is 9.47 Å². The molecule has 0 saturated carbocycles. The molecular formula is C17H29N3O2S. The highest BCUT2D eigenvalue weighted by atomic mass is 32.1. The van der Waals surface area contributed by atoms with Gasteiger partial charge in [-0.1, -0.05) is 0 Å². The Balaban J connectivity index is 1.51. The summed E-state index contributed by atoms with van der Waals surface area (Å²) in [6, 6.07) is 2.15. The van der Waals surface area contributed by atoms with E-state index < -0.39 is 0 Å². The van der Waals surface area contributed by atoms with Crippen LogP contribution in [-0.2, 0) is 16.0 Å². The van der Waals surface area contributed by atoms with Gasteiger partial charge in [-0.05, 0) is 49.1 Å². The Morgan fingerprint density at radius 1 is 1.39 bits per heavy atom. The summed E-state index contributed by atoms with van der Waals surface area (Å²) in [5.41, 5.74) is 1.33. The molecule has 0 radical (unpaired) electrons. The standard InChI is InChI=1S/C17H29N3O2S/c1-14-6-11-23-16(14)12-20-17(18-2)19-7-3-8-22-13-15-4-9-21-10-5-15/h6,11,15H,3-5,7-10,12-13H2,1-2H3,(H2,18,19,20). The summed E-state index contributed by atoms with van der Waals surface area (Å²) < 4.78 is 11.1. The lowest BCUT2D eigenvalue weighted by atomic mass is 10.0. The van der Waals surface area contributed by atoms with Gasteiger partial charge in [0.15, 0.2) is 5.96 Å². The molecule has 1 saturated heterocycles. The molecule has 23 heavy (non-hydrogen) atoms. The van der Waals surface area contributed by atoms with Crippen molar-refractivity contribution in [3.8, 4) is 0 Å². The lowest BCUT2D eigenvalue weighted by molar-refractivity contribution is 0.0203. The minimum Gasteiger partial charge on any atom is -0.381 e. The molecule has 0 bridgehead atoms. The number of hydrogen-bond donors (Lipinski definition) is 2. The molecule has 130 valence electrons. The molecular weight excluding hydrogens is 310 g/mol. The molecule has 1 aliphatic heterocycles. The van der Waals surface area contributed by atoms with Crippen LogP contribution in [0.5, 0.6) is 0 Å². The second-order valence-electron chi connectivity index (χ2n) is 5.86. The van der Waals surface area contributed by atoms with E-state index in [9.17, 15) is 0 Å². The zero-order valence-electron chi connectivity index (χ0n) is 14.3. The molecule has 2 rings (SSSR count). The molecule has 0 amide bonds. The lowest BCUT2D eigenvalue weighted by Crippen LogP contribution is -2.37. The van der Waals surface area contributed by atoms with Gasteiger partial charge in [0, 0.05) is 44.9 Å². The molecule has 0 unspecified atom stereocenters. The Morgan fingerprint density at radius 2 is 2.22 bits per heavy atom. The largest absolute Gasteiger partial charge is 0.381 e. The first-order valence-electron chi connectivity index (χ1n) is 8.42. The number of rotatable bonds is 8. The maximum atomic E-state index is 5.77. The summed E-state index contributed by atoms with van der Waals surface area (Å²) in [4.78, 5) is 5.61. The van der Waals surface area contributed by atoms with Crippen LogP contribution in [0.15, 0.2) is 16.4 Å². The molecule has 1 aliphatic rings. The van der Waals surface area contributed by atoms with Gasteiger partial charge < -0.3 is 20.1 Å². The monoisotopic (exact) mass is 339 g/mol. The van der Waals surface area contributed by atoms with Crippen LogP contribution in [0.4, 0.5) is 0 Å². The molecule has 2 N–H and O–H groups in total. The van der Waals surface area contributed by atoms with Gasteiger partial charge in [-0.15, -0.1) is 11.3 Å². The Bertz CT molecular complexity index is 470. The van der Waals surface area contributed by atoms with E-state index in [4.69, 9.17) is 9.47 Å². The van der Waals surface area contributed by atoms with Crippen molar-refractivity contribution in [2.75, 3.05) is 40.0 Å². The number of aliphatic imine (C=N–C) groups is 1. The fourth-order valence-electron chi connectivity index (χ4n) is 2.51. The van der Waals surface area contributed by atoms with Crippen LogP contribution in [0.3, 0.4) is 0 Å². The van der Waals surface area contributed by atoms with Gasteiger partial charge >= 0.3 is 0 Å². The minimum atomic E-state index is 0.681. The van der Waals surface area contributed by atoms with Gasteiger partial charge in [-0.25, -0.2) is 0 Å². The summed E-state index contributed by atoms with van der Waals surface area (Å²) in [7, 11) is 1.80. The zero-order chi connectivity index (χ0) is 16.3. The number of hydrogen-bond acceptors (Lipinski definition) is 4. The quantitative estimate of drug-likeness (QED) is 0.434. The van der Waals surface area contributed by atoms with E-state index in [-0.39, 0.29) is 0 Å². The number of guanidine groups is 1. The van der Waals surface area contributed by atoms with Crippen LogP contribution in [0.1, 0.15) is 29.7 Å². The SMILES string of the molecule is CN=C(NCCCOCC1CCOCC1)NCc1sccc1C. The third-order valence-corrected chi connectivity index (χ3v) is 5.08. The second kappa shape index (κ2) is 10.6. The number of nitrogens with zero attached hydrogens (tertiary/aromatic N) is 1. The first kappa shape index (κ1) is 18.2. The van der Waals surface area contributed by atoms with Crippen LogP contribution >= 0.6 is 11.3 Å². The van der Waals surface area contributed by atoms with E-state index in [0.29, 0.717) is 5.92 Å². The average molecular weight is 340 g/mol. The summed E-state index contributed by atoms with van der Waals surface area (Å²) in [5.74, 6) is 1.53. The molecule has 1 aromatic heterocycles. The zero-order valence-corrected chi connectivity index (χ0v) is 15.1. The minimum absolute atomic E-state index is 0.681. The van der Waals surface area contributed by atoms with Gasteiger partial charge in [-0.2, -0.15) is 0 Å². The predicted molar refractivity (Wildman–Crippen MR) is 96.2 cm³/mol. The van der Waals surface area contributed by atoms with Crippen molar-refractivity contribution in [1.29, 1.82) is 0 Å². The highest BCUT2D eigenvalue weighted by Gasteiger charge is 2.13. The van der Waals surface area contributed by atoms with Crippen LogP contribution in [0, 0.1) is 12.8 Å². The molecule has 6 heteroatoms. The maximum Gasteiger partial charge on any atom is 0.191 e. The molecule has 2 heterocycles. The van der Waals surface area contributed by atoms with E-state index in [1.165, 1.54) is 10.4 Å². The number of ether oxygens (including phenoxy) is 2. The number of nitrogens with one attached hydrogen (secondary N) is 2. The third-order valence-electron chi connectivity index (χ3n) is 4.06. The van der Waals surface area contributed by atoms with Gasteiger partial charge in [0.05, 0.1) is 6.54 Å². The molecule has 0 spiro atoms. The summed E-state index contributed by atoms with van der Waals surface area (Å²) in [5, 5.41) is 8.81. The first-order valence-corrected chi connectivity index (χ1v) is 9.30. The maximum absolute atomic E-state index is 5.77. The Kier molecular flexibility index (Phi) is 8.42. The molecule has 5 nitrogen and oxygen atoms in total. The van der Waals surface area contributed by atoms with Gasteiger partial charge in [0.2, 0.25) is 0 Å². The van der Waals surface area contributed by atoms with Crippen molar-refractivity contribution >= 4 is 17.3 Å². The van der Waals surface area contributed by atoms with Crippen molar-refractivity contribution in [3.63, 3.8) is 0 Å². The van der Waals surface area contributed by atoms with Crippen molar-refractivity contribution in [3.05, 3.63) is 21.9 Å². The van der Waals surface area contributed by atoms with E-state index in [2.05, 4.69) is 34.0 Å². The molecule has 1 aromatic rings. The smallest absolute Gasteiger partial charge is 0.191 e. The van der Waals surface area contributed by atoms with Crippen LogP contribution in [-0.4, -0.2) is 46.0 Å². The van der Waals surface area contributed by atoms with Crippen molar-refractivity contribution in [1.82, 2.24) is 10.6 Å². The summed E-state index contributed by atoms with van der Waals surface area (Å²) in [6.45, 7) is 7.28.